The highest BCUT2D eigenvalue weighted by Crippen LogP contribution is 2.25. The van der Waals surface area contributed by atoms with Crippen LogP contribution in [0.3, 0.4) is 0 Å². The van der Waals surface area contributed by atoms with E-state index in [1.54, 1.807) is 37.6 Å². The van der Waals surface area contributed by atoms with Crippen LogP contribution in [0.15, 0.2) is 52.0 Å². The number of rotatable bonds is 7. The first kappa shape index (κ1) is 17.0. The van der Waals surface area contributed by atoms with Crippen LogP contribution in [0.25, 0.3) is 0 Å². The molecule has 24 heavy (non-hydrogen) atoms. The Hall–Kier alpha value is -1.83. The molecule has 2 aromatic rings. The van der Waals surface area contributed by atoms with Gasteiger partial charge in [0.25, 0.3) is 0 Å². The Morgan fingerprint density at radius 3 is 2.50 bits per heavy atom. The lowest BCUT2D eigenvalue weighted by atomic mass is 10.2. The molecule has 0 amide bonds. The summed E-state index contributed by atoms with van der Waals surface area (Å²) in [5, 5.41) is 0. The third-order valence-corrected chi connectivity index (χ3v) is 5.73. The van der Waals surface area contributed by atoms with Crippen LogP contribution in [0.2, 0.25) is 0 Å². The van der Waals surface area contributed by atoms with E-state index in [0.29, 0.717) is 5.75 Å². The Morgan fingerprint density at radius 2 is 1.92 bits per heavy atom. The Balaban J connectivity index is 1.73. The molecule has 7 heteroatoms. The number of sulfonamides is 1. The van der Waals surface area contributed by atoms with Crippen LogP contribution in [0.4, 0.5) is 0 Å². The summed E-state index contributed by atoms with van der Waals surface area (Å²) in [5.74, 6) is 1.41. The Bertz CT molecular complexity index is 735. The van der Waals surface area contributed by atoms with E-state index in [0.717, 1.165) is 31.7 Å². The number of benzene rings is 1. The molecule has 2 heterocycles. The predicted octanol–water partition coefficient (Wildman–Crippen LogP) is 2.40. The zero-order chi connectivity index (χ0) is 17.0. The molecule has 6 nitrogen and oxygen atoms in total. The van der Waals surface area contributed by atoms with Crippen LogP contribution >= 0.6 is 0 Å². The van der Waals surface area contributed by atoms with Gasteiger partial charge in [0, 0.05) is 6.54 Å². The van der Waals surface area contributed by atoms with Crippen molar-refractivity contribution in [2.24, 2.45) is 0 Å². The lowest BCUT2D eigenvalue weighted by molar-refractivity contribution is 0.216. The molecule has 1 N–H and O–H groups in total. The van der Waals surface area contributed by atoms with E-state index in [-0.39, 0.29) is 17.5 Å². The first-order valence-corrected chi connectivity index (χ1v) is 9.49. The second kappa shape index (κ2) is 7.38. The summed E-state index contributed by atoms with van der Waals surface area (Å²) in [6.45, 7) is 2.19. The summed E-state index contributed by atoms with van der Waals surface area (Å²) >= 11 is 0. The number of nitrogens with zero attached hydrogens (tertiary/aromatic N) is 1. The van der Waals surface area contributed by atoms with Gasteiger partial charge >= 0.3 is 0 Å². The van der Waals surface area contributed by atoms with Gasteiger partial charge in [0.1, 0.15) is 11.5 Å². The molecule has 3 rings (SSSR count). The third-order valence-electron chi connectivity index (χ3n) is 4.29. The van der Waals surface area contributed by atoms with Gasteiger partial charge in [0.15, 0.2) is 0 Å². The highest BCUT2D eigenvalue weighted by Gasteiger charge is 2.27. The molecule has 0 unspecified atom stereocenters. The number of hydrogen-bond donors (Lipinski definition) is 1. The van der Waals surface area contributed by atoms with E-state index in [1.165, 1.54) is 0 Å². The Morgan fingerprint density at radius 1 is 1.21 bits per heavy atom. The molecule has 0 bridgehead atoms. The van der Waals surface area contributed by atoms with Gasteiger partial charge in [-0.3, -0.25) is 4.90 Å². The second-order valence-electron chi connectivity index (χ2n) is 5.80. The smallest absolute Gasteiger partial charge is 0.240 e. The van der Waals surface area contributed by atoms with Gasteiger partial charge < -0.3 is 9.15 Å². The fourth-order valence-corrected chi connectivity index (χ4v) is 4.01. The summed E-state index contributed by atoms with van der Waals surface area (Å²) < 4.78 is 38.3. The Kier molecular flexibility index (Phi) is 5.23. The van der Waals surface area contributed by atoms with E-state index < -0.39 is 10.0 Å². The number of hydrogen-bond acceptors (Lipinski definition) is 5. The highest BCUT2D eigenvalue weighted by atomic mass is 32.2. The van der Waals surface area contributed by atoms with Gasteiger partial charge in [-0.2, -0.15) is 0 Å². The maximum Gasteiger partial charge on any atom is 0.240 e. The SMILES string of the molecule is COc1ccc(S(=O)(=O)NC[C@H](c2ccco2)N2CCCC2)cc1. The standard InChI is InChI=1S/C17H22N2O4S/c1-22-14-6-8-15(9-7-14)24(20,21)18-13-16(17-5-4-12-23-17)19-10-2-3-11-19/h4-9,12,16,18H,2-3,10-11,13H2,1H3/t16-/m1/s1. The summed E-state index contributed by atoms with van der Waals surface area (Å²) in [5.41, 5.74) is 0. The molecule has 0 spiro atoms. The number of nitrogens with one attached hydrogen (secondary N) is 1. The monoisotopic (exact) mass is 350 g/mol. The molecule has 1 aliphatic heterocycles. The topological polar surface area (TPSA) is 71.8 Å². The normalized spacial score (nSPS) is 17.0. The van der Waals surface area contributed by atoms with Gasteiger partial charge in [-0.15, -0.1) is 0 Å². The largest absolute Gasteiger partial charge is 0.497 e. The second-order valence-corrected chi connectivity index (χ2v) is 7.57. The fourth-order valence-electron chi connectivity index (χ4n) is 2.97. The van der Waals surface area contributed by atoms with Crippen LogP contribution in [0, 0.1) is 0 Å². The lowest BCUT2D eigenvalue weighted by Gasteiger charge is -2.25. The number of likely N-dealkylation sites (tertiary alicyclic amines) is 1. The molecule has 1 aliphatic rings. The van der Waals surface area contributed by atoms with E-state index in [2.05, 4.69) is 9.62 Å². The van der Waals surface area contributed by atoms with E-state index in [9.17, 15) is 8.42 Å². The molecular weight excluding hydrogens is 328 g/mol. The average molecular weight is 350 g/mol. The molecule has 0 radical (unpaired) electrons. The van der Waals surface area contributed by atoms with Crippen molar-refractivity contribution < 1.29 is 17.6 Å². The first-order valence-electron chi connectivity index (χ1n) is 8.01. The van der Waals surface area contributed by atoms with Crippen LogP contribution in [0.5, 0.6) is 5.75 Å². The van der Waals surface area contributed by atoms with Crippen molar-refractivity contribution >= 4 is 10.0 Å². The van der Waals surface area contributed by atoms with E-state index >= 15 is 0 Å². The molecule has 130 valence electrons. The van der Waals surface area contributed by atoms with Crippen molar-refractivity contribution in [2.75, 3.05) is 26.7 Å². The van der Waals surface area contributed by atoms with E-state index in [1.807, 2.05) is 12.1 Å². The van der Waals surface area contributed by atoms with Crippen LogP contribution in [-0.2, 0) is 10.0 Å². The van der Waals surface area contributed by atoms with Crippen molar-refractivity contribution in [1.82, 2.24) is 9.62 Å². The van der Waals surface area contributed by atoms with Gasteiger partial charge in [0.05, 0.1) is 24.3 Å². The Labute approximate surface area is 142 Å². The quantitative estimate of drug-likeness (QED) is 0.830. The van der Waals surface area contributed by atoms with Crippen molar-refractivity contribution in [3.63, 3.8) is 0 Å². The fraction of sp³-hybridized carbons (Fsp3) is 0.412. The van der Waals surface area contributed by atoms with Crippen molar-refractivity contribution in [3.8, 4) is 5.75 Å². The van der Waals surface area contributed by atoms with Crippen LogP contribution in [-0.4, -0.2) is 40.1 Å². The average Bonchev–Trinajstić information content (AvgIpc) is 3.29. The number of ether oxygens (including phenoxy) is 1. The van der Waals surface area contributed by atoms with Gasteiger partial charge in [0.2, 0.25) is 10.0 Å². The summed E-state index contributed by atoms with van der Waals surface area (Å²) in [6.07, 6.45) is 3.88. The van der Waals surface area contributed by atoms with Crippen molar-refractivity contribution in [2.45, 2.75) is 23.8 Å². The zero-order valence-electron chi connectivity index (χ0n) is 13.6. The molecule has 1 fully saturated rings. The number of methoxy groups -OCH3 is 1. The first-order chi connectivity index (χ1) is 11.6. The van der Waals surface area contributed by atoms with Gasteiger partial charge in [-0.1, -0.05) is 0 Å². The number of furan rings is 1. The van der Waals surface area contributed by atoms with Gasteiger partial charge in [-0.05, 0) is 62.3 Å². The molecular formula is C17H22N2O4S. The molecule has 0 aliphatic carbocycles. The molecule has 0 saturated carbocycles. The van der Waals surface area contributed by atoms with Gasteiger partial charge in [-0.25, -0.2) is 13.1 Å². The molecule has 1 aromatic heterocycles. The maximum absolute atomic E-state index is 12.5. The predicted molar refractivity (Wildman–Crippen MR) is 90.4 cm³/mol. The molecule has 1 saturated heterocycles. The maximum atomic E-state index is 12.5. The van der Waals surface area contributed by atoms with E-state index in [4.69, 9.17) is 9.15 Å². The minimum absolute atomic E-state index is 0.0875. The van der Waals surface area contributed by atoms with Crippen molar-refractivity contribution in [1.29, 1.82) is 0 Å². The summed E-state index contributed by atoms with van der Waals surface area (Å²) in [6, 6.07) is 9.99. The van der Waals surface area contributed by atoms with Crippen LogP contribution in [0.1, 0.15) is 24.6 Å². The van der Waals surface area contributed by atoms with Crippen LogP contribution < -0.4 is 9.46 Å². The lowest BCUT2D eigenvalue weighted by Crippen LogP contribution is -2.36. The minimum atomic E-state index is -3.57. The zero-order valence-corrected chi connectivity index (χ0v) is 14.5. The summed E-state index contributed by atoms with van der Waals surface area (Å²) in [4.78, 5) is 2.48. The molecule has 1 atom stereocenters. The minimum Gasteiger partial charge on any atom is -0.497 e. The highest BCUT2D eigenvalue weighted by molar-refractivity contribution is 7.89. The molecule has 1 aromatic carbocycles. The van der Waals surface area contributed by atoms with Crippen molar-refractivity contribution in [3.05, 3.63) is 48.4 Å². The third kappa shape index (κ3) is 3.80. The summed E-state index contributed by atoms with van der Waals surface area (Å²) in [7, 11) is -2.03.